The van der Waals surface area contributed by atoms with Crippen LogP contribution in [0.2, 0.25) is 0 Å². The van der Waals surface area contributed by atoms with Crippen LogP contribution in [0.4, 0.5) is 0 Å². The Morgan fingerprint density at radius 1 is 0.958 bits per heavy atom. The molecule has 0 saturated heterocycles. The van der Waals surface area contributed by atoms with Crippen LogP contribution in [0, 0.1) is 6.92 Å². The van der Waals surface area contributed by atoms with Crippen molar-refractivity contribution >= 4 is 0 Å². The van der Waals surface area contributed by atoms with Crippen LogP contribution in [0.3, 0.4) is 0 Å². The third kappa shape index (κ3) is 5.57. The first-order chi connectivity index (χ1) is 11.6. The highest BCUT2D eigenvalue weighted by molar-refractivity contribution is 5.39. The average molecular weight is 327 g/mol. The van der Waals surface area contributed by atoms with Gasteiger partial charge in [-0.15, -0.1) is 0 Å². The molecule has 2 rings (SSSR count). The van der Waals surface area contributed by atoms with Crippen molar-refractivity contribution in [3.8, 4) is 11.5 Å². The summed E-state index contributed by atoms with van der Waals surface area (Å²) in [6.07, 6.45) is 0. The van der Waals surface area contributed by atoms with E-state index in [2.05, 4.69) is 63.3 Å². The number of rotatable bonds is 9. The molecule has 2 aromatic carbocycles. The maximum Gasteiger partial charge on any atom is 0.123 e. The van der Waals surface area contributed by atoms with Gasteiger partial charge >= 0.3 is 0 Å². The van der Waals surface area contributed by atoms with Crippen LogP contribution < -0.4 is 14.8 Å². The molecule has 0 amide bonds. The number of aryl methyl sites for hydroxylation is 1. The molecular weight excluding hydrogens is 298 g/mol. The Bertz CT molecular complexity index is 620. The minimum absolute atomic E-state index is 0.450. The van der Waals surface area contributed by atoms with Crippen molar-refractivity contribution in [1.29, 1.82) is 0 Å². The van der Waals surface area contributed by atoms with Gasteiger partial charge in [0, 0.05) is 6.54 Å². The zero-order valence-electron chi connectivity index (χ0n) is 15.3. The van der Waals surface area contributed by atoms with Crippen LogP contribution in [0.15, 0.2) is 42.5 Å². The first-order valence-corrected chi connectivity index (χ1v) is 8.76. The smallest absolute Gasteiger partial charge is 0.123 e. The quantitative estimate of drug-likeness (QED) is 0.678. The van der Waals surface area contributed by atoms with Gasteiger partial charge in [-0.1, -0.05) is 45.0 Å². The Labute approximate surface area is 146 Å². The molecule has 24 heavy (non-hydrogen) atoms. The van der Waals surface area contributed by atoms with Gasteiger partial charge in [-0.3, -0.25) is 0 Å². The second-order valence-corrected chi connectivity index (χ2v) is 6.32. The Morgan fingerprint density at radius 2 is 1.67 bits per heavy atom. The molecule has 0 saturated carbocycles. The standard InChI is InChI=1S/C21H29NO2/c1-5-22-15-18-7-9-19(10-8-18)23-12-13-24-21-14-17(4)6-11-20(21)16(2)3/h6-11,14,16,22H,5,12-13,15H2,1-4H3. The van der Waals surface area contributed by atoms with Crippen molar-refractivity contribution in [2.24, 2.45) is 0 Å². The van der Waals surface area contributed by atoms with Gasteiger partial charge in [0.25, 0.3) is 0 Å². The second kappa shape index (κ2) is 9.33. The summed E-state index contributed by atoms with van der Waals surface area (Å²) < 4.78 is 11.7. The number of benzene rings is 2. The average Bonchev–Trinajstić information content (AvgIpc) is 2.57. The van der Waals surface area contributed by atoms with Gasteiger partial charge in [0.2, 0.25) is 0 Å². The molecule has 0 radical (unpaired) electrons. The molecular formula is C21H29NO2. The van der Waals surface area contributed by atoms with Crippen LogP contribution in [0.5, 0.6) is 11.5 Å². The summed E-state index contributed by atoms with van der Waals surface area (Å²) in [5, 5.41) is 3.31. The maximum atomic E-state index is 5.94. The molecule has 0 heterocycles. The molecule has 1 N–H and O–H groups in total. The van der Waals surface area contributed by atoms with Crippen LogP contribution in [0.1, 0.15) is 43.4 Å². The Morgan fingerprint density at radius 3 is 2.33 bits per heavy atom. The molecule has 0 fully saturated rings. The zero-order valence-corrected chi connectivity index (χ0v) is 15.3. The molecule has 0 atom stereocenters. The maximum absolute atomic E-state index is 5.94. The summed E-state index contributed by atoms with van der Waals surface area (Å²) in [4.78, 5) is 0. The monoisotopic (exact) mass is 327 g/mol. The van der Waals surface area contributed by atoms with Crippen LogP contribution in [-0.4, -0.2) is 19.8 Å². The summed E-state index contributed by atoms with van der Waals surface area (Å²) >= 11 is 0. The molecule has 0 bridgehead atoms. The van der Waals surface area contributed by atoms with Crippen molar-refractivity contribution in [3.63, 3.8) is 0 Å². The SMILES string of the molecule is CCNCc1ccc(OCCOc2cc(C)ccc2C(C)C)cc1. The first-order valence-electron chi connectivity index (χ1n) is 8.76. The van der Waals surface area contributed by atoms with Gasteiger partial charge in [-0.2, -0.15) is 0 Å². The number of hydrogen-bond acceptors (Lipinski definition) is 3. The normalized spacial score (nSPS) is 10.9. The van der Waals surface area contributed by atoms with Gasteiger partial charge < -0.3 is 14.8 Å². The van der Waals surface area contributed by atoms with Crippen LogP contribution in [-0.2, 0) is 6.54 Å². The fourth-order valence-corrected chi connectivity index (χ4v) is 2.53. The number of nitrogens with one attached hydrogen (secondary N) is 1. The van der Waals surface area contributed by atoms with E-state index >= 15 is 0 Å². The van der Waals surface area contributed by atoms with Gasteiger partial charge in [0.15, 0.2) is 0 Å². The molecule has 0 aromatic heterocycles. The van der Waals surface area contributed by atoms with E-state index in [4.69, 9.17) is 9.47 Å². The van der Waals surface area contributed by atoms with Crippen LogP contribution >= 0.6 is 0 Å². The van der Waals surface area contributed by atoms with Crippen LogP contribution in [0.25, 0.3) is 0 Å². The molecule has 0 aliphatic carbocycles. The van der Waals surface area contributed by atoms with Crippen molar-refractivity contribution in [2.75, 3.05) is 19.8 Å². The van der Waals surface area contributed by atoms with Crippen molar-refractivity contribution in [3.05, 3.63) is 59.2 Å². The van der Waals surface area contributed by atoms with E-state index in [-0.39, 0.29) is 0 Å². The fraction of sp³-hybridized carbons (Fsp3) is 0.429. The molecule has 2 aromatic rings. The van der Waals surface area contributed by atoms with E-state index in [0.717, 1.165) is 24.6 Å². The van der Waals surface area contributed by atoms with E-state index in [0.29, 0.717) is 19.1 Å². The molecule has 3 nitrogen and oxygen atoms in total. The minimum atomic E-state index is 0.450. The largest absolute Gasteiger partial charge is 0.490 e. The third-order valence-electron chi connectivity index (χ3n) is 3.90. The van der Waals surface area contributed by atoms with Gasteiger partial charge in [0.1, 0.15) is 24.7 Å². The predicted octanol–water partition coefficient (Wildman–Crippen LogP) is 4.69. The first kappa shape index (κ1) is 18.3. The lowest BCUT2D eigenvalue weighted by Gasteiger charge is -2.15. The van der Waals surface area contributed by atoms with E-state index in [1.54, 1.807) is 0 Å². The molecule has 0 spiro atoms. The van der Waals surface area contributed by atoms with Gasteiger partial charge in [-0.05, 0) is 54.3 Å². The highest BCUT2D eigenvalue weighted by Crippen LogP contribution is 2.27. The molecule has 0 aliphatic rings. The van der Waals surface area contributed by atoms with Gasteiger partial charge in [0.05, 0.1) is 0 Å². The highest BCUT2D eigenvalue weighted by Gasteiger charge is 2.08. The minimum Gasteiger partial charge on any atom is -0.490 e. The Hall–Kier alpha value is -2.00. The molecule has 130 valence electrons. The lowest BCUT2D eigenvalue weighted by Crippen LogP contribution is -2.12. The van der Waals surface area contributed by atoms with E-state index < -0.39 is 0 Å². The lowest BCUT2D eigenvalue weighted by molar-refractivity contribution is 0.215. The second-order valence-electron chi connectivity index (χ2n) is 6.32. The molecule has 3 heteroatoms. The Balaban J connectivity index is 1.82. The zero-order chi connectivity index (χ0) is 17.4. The summed E-state index contributed by atoms with van der Waals surface area (Å²) in [5.74, 6) is 2.30. The topological polar surface area (TPSA) is 30.5 Å². The van der Waals surface area contributed by atoms with E-state index in [9.17, 15) is 0 Å². The third-order valence-corrected chi connectivity index (χ3v) is 3.90. The fourth-order valence-electron chi connectivity index (χ4n) is 2.53. The highest BCUT2D eigenvalue weighted by atomic mass is 16.5. The van der Waals surface area contributed by atoms with Gasteiger partial charge in [-0.25, -0.2) is 0 Å². The Kier molecular flexibility index (Phi) is 7.13. The lowest BCUT2D eigenvalue weighted by atomic mass is 10.0. The number of hydrogen-bond donors (Lipinski definition) is 1. The van der Waals surface area contributed by atoms with Crippen molar-refractivity contribution < 1.29 is 9.47 Å². The summed E-state index contributed by atoms with van der Waals surface area (Å²) in [6.45, 7) is 11.5. The predicted molar refractivity (Wildman–Crippen MR) is 100 cm³/mol. The van der Waals surface area contributed by atoms with Crippen molar-refractivity contribution in [2.45, 2.75) is 40.2 Å². The molecule has 0 aliphatic heterocycles. The molecule has 0 unspecified atom stereocenters. The summed E-state index contributed by atoms with van der Waals surface area (Å²) in [7, 11) is 0. The van der Waals surface area contributed by atoms with E-state index in [1.165, 1.54) is 16.7 Å². The summed E-state index contributed by atoms with van der Waals surface area (Å²) in [5.41, 5.74) is 3.72. The van der Waals surface area contributed by atoms with Crippen molar-refractivity contribution in [1.82, 2.24) is 5.32 Å². The summed E-state index contributed by atoms with van der Waals surface area (Å²) in [6, 6.07) is 14.6. The van der Waals surface area contributed by atoms with E-state index in [1.807, 2.05) is 12.1 Å². The number of ether oxygens (including phenoxy) is 2.